The quantitative estimate of drug-likeness (QED) is 0.789. The molecule has 1 saturated heterocycles. The van der Waals surface area contributed by atoms with Gasteiger partial charge in [-0.25, -0.2) is 0 Å². The number of nitrogens with zero attached hydrogens (tertiary/aromatic N) is 1. The van der Waals surface area contributed by atoms with Crippen molar-refractivity contribution in [2.75, 3.05) is 30.3 Å². The maximum atomic E-state index is 12.5. The molecular weight excluding hydrogens is 362 g/mol. The van der Waals surface area contributed by atoms with Gasteiger partial charge in [0.15, 0.2) is 0 Å². The summed E-state index contributed by atoms with van der Waals surface area (Å²) in [7, 11) is 0. The van der Waals surface area contributed by atoms with E-state index in [0.717, 1.165) is 25.1 Å². The summed E-state index contributed by atoms with van der Waals surface area (Å²) in [6.07, 6.45) is 2.23. The van der Waals surface area contributed by atoms with Crippen LogP contribution in [0.2, 0.25) is 5.02 Å². The zero-order valence-corrected chi connectivity index (χ0v) is 15.9. The Hall–Kier alpha value is -2.37. The molecule has 1 aliphatic heterocycles. The molecule has 1 fully saturated rings. The number of piperidine rings is 1. The number of anilines is 2. The predicted octanol–water partition coefficient (Wildman–Crippen LogP) is 4.02. The molecule has 2 aromatic carbocycles. The first-order valence-electron chi connectivity index (χ1n) is 9.24. The molecule has 0 radical (unpaired) electrons. The summed E-state index contributed by atoms with van der Waals surface area (Å²) in [6, 6.07) is 16.6. The van der Waals surface area contributed by atoms with Crippen LogP contribution in [0.15, 0.2) is 54.6 Å². The molecule has 2 aromatic rings. The molecule has 0 aliphatic carbocycles. The Kier molecular flexibility index (Phi) is 6.85. The number of nitrogens with one attached hydrogen (secondary N) is 2. The average Bonchev–Trinajstić information content (AvgIpc) is 2.67. The summed E-state index contributed by atoms with van der Waals surface area (Å²) in [5, 5.41) is 6.43. The number of carbonyl (C=O) groups is 2. The predicted molar refractivity (Wildman–Crippen MR) is 109 cm³/mol. The van der Waals surface area contributed by atoms with Crippen LogP contribution in [0.4, 0.5) is 11.4 Å². The maximum absolute atomic E-state index is 12.5. The molecule has 5 nitrogen and oxygen atoms in total. The minimum absolute atomic E-state index is 0.0463. The Balaban J connectivity index is 1.45. The SMILES string of the molecule is O=C(CCN1CCCC(C(=O)Nc2ccccc2)C1)Nc1cccc(Cl)c1. The van der Waals surface area contributed by atoms with E-state index in [9.17, 15) is 9.59 Å². The van der Waals surface area contributed by atoms with E-state index in [1.165, 1.54) is 0 Å². The third kappa shape index (κ3) is 6.08. The molecule has 1 aliphatic rings. The van der Waals surface area contributed by atoms with Crippen molar-refractivity contribution in [3.8, 4) is 0 Å². The highest BCUT2D eigenvalue weighted by atomic mass is 35.5. The van der Waals surface area contributed by atoms with E-state index in [1.54, 1.807) is 18.2 Å². The van der Waals surface area contributed by atoms with Gasteiger partial charge in [-0.1, -0.05) is 35.9 Å². The van der Waals surface area contributed by atoms with Crippen molar-refractivity contribution in [3.63, 3.8) is 0 Å². The number of hydrogen-bond acceptors (Lipinski definition) is 3. The molecule has 27 heavy (non-hydrogen) atoms. The van der Waals surface area contributed by atoms with Gasteiger partial charge in [-0.3, -0.25) is 9.59 Å². The van der Waals surface area contributed by atoms with Crippen molar-refractivity contribution in [1.82, 2.24) is 4.90 Å². The summed E-state index contributed by atoms with van der Waals surface area (Å²) < 4.78 is 0. The van der Waals surface area contributed by atoms with Crippen molar-refractivity contribution in [1.29, 1.82) is 0 Å². The lowest BCUT2D eigenvalue weighted by Gasteiger charge is -2.31. The summed E-state index contributed by atoms with van der Waals surface area (Å²) in [6.45, 7) is 2.24. The first-order chi connectivity index (χ1) is 13.1. The van der Waals surface area contributed by atoms with Crippen LogP contribution in [-0.2, 0) is 9.59 Å². The number of benzene rings is 2. The van der Waals surface area contributed by atoms with Crippen molar-refractivity contribution < 1.29 is 9.59 Å². The van der Waals surface area contributed by atoms with Gasteiger partial charge >= 0.3 is 0 Å². The van der Waals surface area contributed by atoms with Crippen LogP contribution in [0, 0.1) is 5.92 Å². The minimum Gasteiger partial charge on any atom is -0.326 e. The molecular formula is C21H24ClN3O2. The normalized spacial score (nSPS) is 17.3. The number of likely N-dealkylation sites (tertiary alicyclic amines) is 1. The van der Waals surface area contributed by atoms with Crippen molar-refractivity contribution >= 4 is 34.8 Å². The molecule has 1 heterocycles. The van der Waals surface area contributed by atoms with Crippen LogP contribution in [0.5, 0.6) is 0 Å². The Morgan fingerprint density at radius 2 is 1.81 bits per heavy atom. The number of carbonyl (C=O) groups excluding carboxylic acids is 2. The minimum atomic E-state index is -0.0480. The van der Waals surface area contributed by atoms with Gasteiger partial charge in [0, 0.05) is 35.9 Å². The van der Waals surface area contributed by atoms with Gasteiger partial charge in [0.25, 0.3) is 0 Å². The van der Waals surface area contributed by atoms with Crippen LogP contribution in [-0.4, -0.2) is 36.3 Å². The Bertz CT molecular complexity index is 782. The van der Waals surface area contributed by atoms with E-state index in [0.29, 0.717) is 30.2 Å². The molecule has 2 N–H and O–H groups in total. The van der Waals surface area contributed by atoms with Crippen LogP contribution in [0.3, 0.4) is 0 Å². The average molecular weight is 386 g/mol. The monoisotopic (exact) mass is 385 g/mol. The molecule has 1 unspecified atom stereocenters. The summed E-state index contributed by atoms with van der Waals surface area (Å²) >= 11 is 5.93. The second-order valence-electron chi connectivity index (χ2n) is 6.80. The zero-order chi connectivity index (χ0) is 19.1. The summed E-state index contributed by atoms with van der Waals surface area (Å²) in [4.78, 5) is 26.8. The highest BCUT2D eigenvalue weighted by molar-refractivity contribution is 6.30. The van der Waals surface area contributed by atoms with Crippen molar-refractivity contribution in [3.05, 3.63) is 59.6 Å². The molecule has 0 bridgehead atoms. The van der Waals surface area contributed by atoms with E-state index >= 15 is 0 Å². The van der Waals surface area contributed by atoms with Crippen molar-refractivity contribution in [2.45, 2.75) is 19.3 Å². The highest BCUT2D eigenvalue weighted by Crippen LogP contribution is 2.19. The van der Waals surface area contributed by atoms with Crippen LogP contribution in [0.25, 0.3) is 0 Å². The van der Waals surface area contributed by atoms with Crippen LogP contribution >= 0.6 is 11.6 Å². The van der Waals surface area contributed by atoms with Crippen LogP contribution < -0.4 is 10.6 Å². The molecule has 3 rings (SSSR count). The lowest BCUT2D eigenvalue weighted by molar-refractivity contribution is -0.121. The molecule has 0 aromatic heterocycles. The van der Waals surface area contributed by atoms with Gasteiger partial charge in [0.05, 0.1) is 5.92 Å². The zero-order valence-electron chi connectivity index (χ0n) is 15.2. The molecule has 142 valence electrons. The second-order valence-corrected chi connectivity index (χ2v) is 7.24. The van der Waals surface area contributed by atoms with Gasteiger partial charge in [-0.05, 0) is 49.7 Å². The second kappa shape index (κ2) is 9.53. The lowest BCUT2D eigenvalue weighted by Crippen LogP contribution is -2.41. The van der Waals surface area contributed by atoms with E-state index in [-0.39, 0.29) is 17.7 Å². The van der Waals surface area contributed by atoms with Gasteiger partial charge in [0.2, 0.25) is 11.8 Å². The van der Waals surface area contributed by atoms with Gasteiger partial charge < -0.3 is 15.5 Å². The molecule has 0 spiro atoms. The topological polar surface area (TPSA) is 61.4 Å². The first-order valence-corrected chi connectivity index (χ1v) is 9.61. The Morgan fingerprint density at radius 1 is 1.04 bits per heavy atom. The van der Waals surface area contributed by atoms with E-state index in [2.05, 4.69) is 15.5 Å². The van der Waals surface area contributed by atoms with E-state index < -0.39 is 0 Å². The fourth-order valence-electron chi connectivity index (χ4n) is 3.29. The standard InChI is InChI=1S/C21H24ClN3O2/c22-17-7-4-10-19(14-17)23-20(26)11-13-25-12-5-6-16(15-25)21(27)24-18-8-2-1-3-9-18/h1-4,7-10,14,16H,5-6,11-13,15H2,(H,23,26)(H,24,27). The lowest BCUT2D eigenvalue weighted by atomic mass is 9.97. The first kappa shape index (κ1) is 19.4. The van der Waals surface area contributed by atoms with Gasteiger partial charge in [-0.2, -0.15) is 0 Å². The third-order valence-corrected chi connectivity index (χ3v) is 4.92. The smallest absolute Gasteiger partial charge is 0.228 e. The molecule has 2 amide bonds. The highest BCUT2D eigenvalue weighted by Gasteiger charge is 2.26. The number of halogens is 1. The molecule has 0 saturated carbocycles. The maximum Gasteiger partial charge on any atom is 0.228 e. The van der Waals surface area contributed by atoms with Gasteiger partial charge in [0.1, 0.15) is 0 Å². The Labute approximate surface area is 164 Å². The third-order valence-electron chi connectivity index (χ3n) is 4.68. The number of hydrogen-bond donors (Lipinski definition) is 2. The largest absolute Gasteiger partial charge is 0.326 e. The van der Waals surface area contributed by atoms with E-state index in [1.807, 2.05) is 36.4 Å². The number of para-hydroxylation sites is 1. The number of rotatable bonds is 6. The Morgan fingerprint density at radius 3 is 2.59 bits per heavy atom. The summed E-state index contributed by atoms with van der Waals surface area (Å²) in [5.41, 5.74) is 1.52. The fraction of sp³-hybridized carbons (Fsp3) is 0.333. The van der Waals surface area contributed by atoms with Crippen LogP contribution in [0.1, 0.15) is 19.3 Å². The fourth-order valence-corrected chi connectivity index (χ4v) is 3.48. The summed E-state index contributed by atoms with van der Waals surface area (Å²) in [5.74, 6) is -0.0441. The molecule has 6 heteroatoms. The van der Waals surface area contributed by atoms with Gasteiger partial charge in [-0.15, -0.1) is 0 Å². The van der Waals surface area contributed by atoms with Crippen molar-refractivity contribution in [2.24, 2.45) is 5.92 Å². The van der Waals surface area contributed by atoms with E-state index in [4.69, 9.17) is 11.6 Å². The molecule has 1 atom stereocenters. The number of amides is 2.